The van der Waals surface area contributed by atoms with Crippen LogP contribution >= 0.6 is 15.9 Å². The van der Waals surface area contributed by atoms with Gasteiger partial charge in [-0.25, -0.2) is 4.98 Å². The number of hydrogen-bond acceptors (Lipinski definition) is 3. The number of pyridine rings is 1. The van der Waals surface area contributed by atoms with Crippen LogP contribution in [0.5, 0.6) is 0 Å². The van der Waals surface area contributed by atoms with Crippen molar-refractivity contribution >= 4 is 21.6 Å². The molecule has 1 N–H and O–H groups in total. The minimum absolute atomic E-state index is 0.120. The van der Waals surface area contributed by atoms with E-state index in [2.05, 4.69) is 39.2 Å². The Morgan fingerprint density at radius 2 is 2.00 bits per heavy atom. The fraction of sp³-hybridized carbons (Fsp3) is 0.143. The normalized spacial score (nSPS) is 11.6. The number of nitriles is 1. The van der Waals surface area contributed by atoms with Gasteiger partial charge < -0.3 is 5.32 Å². The molecule has 1 aromatic carbocycles. The minimum atomic E-state index is 0.120. The highest BCUT2D eigenvalue weighted by Gasteiger charge is 2.08. The second-order valence-corrected chi connectivity index (χ2v) is 4.84. The Bertz CT molecular complexity index is 572. The van der Waals surface area contributed by atoms with Crippen molar-refractivity contribution in [3.05, 3.63) is 58.3 Å². The summed E-state index contributed by atoms with van der Waals surface area (Å²) < 4.78 is 1.05. The average molecular weight is 302 g/mol. The van der Waals surface area contributed by atoms with Crippen LogP contribution < -0.4 is 5.32 Å². The van der Waals surface area contributed by atoms with E-state index in [0.717, 1.165) is 15.7 Å². The predicted octanol–water partition coefficient (Wildman–Crippen LogP) is 3.89. The monoisotopic (exact) mass is 301 g/mol. The van der Waals surface area contributed by atoms with Gasteiger partial charge in [-0.05, 0) is 36.8 Å². The molecule has 1 aromatic heterocycles. The third-order valence-corrected chi connectivity index (χ3v) is 3.18. The molecule has 90 valence electrons. The molecule has 0 saturated carbocycles. The molecular weight excluding hydrogens is 290 g/mol. The number of benzene rings is 1. The molecule has 0 amide bonds. The zero-order valence-corrected chi connectivity index (χ0v) is 11.5. The fourth-order valence-electron chi connectivity index (χ4n) is 1.68. The summed E-state index contributed by atoms with van der Waals surface area (Å²) in [4.78, 5) is 4.03. The van der Waals surface area contributed by atoms with E-state index < -0.39 is 0 Å². The van der Waals surface area contributed by atoms with Gasteiger partial charge in [0.15, 0.2) is 5.69 Å². The molecule has 0 saturated heterocycles. The van der Waals surface area contributed by atoms with E-state index >= 15 is 0 Å². The zero-order chi connectivity index (χ0) is 13.0. The summed E-state index contributed by atoms with van der Waals surface area (Å²) in [6.45, 7) is 2.05. The van der Waals surface area contributed by atoms with Crippen LogP contribution in [0.3, 0.4) is 0 Å². The number of nitrogens with zero attached hydrogens (tertiary/aromatic N) is 2. The molecule has 0 aliphatic carbocycles. The van der Waals surface area contributed by atoms with Gasteiger partial charge in [-0.2, -0.15) is 5.26 Å². The van der Waals surface area contributed by atoms with Gasteiger partial charge in [0.2, 0.25) is 0 Å². The Morgan fingerprint density at radius 3 is 2.67 bits per heavy atom. The van der Waals surface area contributed by atoms with E-state index in [0.29, 0.717) is 5.69 Å². The molecular formula is C14H12BrN3. The van der Waals surface area contributed by atoms with Gasteiger partial charge in [0.25, 0.3) is 0 Å². The van der Waals surface area contributed by atoms with Crippen LogP contribution in [-0.4, -0.2) is 4.98 Å². The van der Waals surface area contributed by atoms with Crippen molar-refractivity contribution < 1.29 is 0 Å². The number of hydrogen-bond donors (Lipinski definition) is 1. The number of halogens is 1. The van der Waals surface area contributed by atoms with Crippen molar-refractivity contribution in [2.75, 3.05) is 5.32 Å². The number of anilines is 1. The first-order valence-electron chi connectivity index (χ1n) is 5.58. The molecule has 1 heterocycles. The highest BCUT2D eigenvalue weighted by molar-refractivity contribution is 9.10. The van der Waals surface area contributed by atoms with Gasteiger partial charge >= 0.3 is 0 Å². The summed E-state index contributed by atoms with van der Waals surface area (Å²) >= 11 is 3.41. The molecule has 0 aliphatic rings. The van der Waals surface area contributed by atoms with Crippen LogP contribution in [0.25, 0.3) is 0 Å². The van der Waals surface area contributed by atoms with Crippen LogP contribution in [0.15, 0.2) is 47.1 Å². The molecule has 0 fully saturated rings. The van der Waals surface area contributed by atoms with Crippen molar-refractivity contribution in [3.63, 3.8) is 0 Å². The van der Waals surface area contributed by atoms with Crippen molar-refractivity contribution in [1.82, 2.24) is 4.98 Å². The van der Waals surface area contributed by atoms with Gasteiger partial charge in [0, 0.05) is 16.7 Å². The summed E-state index contributed by atoms with van der Waals surface area (Å²) in [5, 5.41) is 12.3. The Kier molecular flexibility index (Phi) is 3.96. The maximum Gasteiger partial charge on any atom is 0.163 e. The molecule has 4 heteroatoms. The number of rotatable bonds is 3. The van der Waals surface area contributed by atoms with E-state index in [-0.39, 0.29) is 6.04 Å². The second kappa shape index (κ2) is 5.65. The van der Waals surface area contributed by atoms with Crippen molar-refractivity contribution in [2.45, 2.75) is 13.0 Å². The first-order chi connectivity index (χ1) is 8.70. The minimum Gasteiger partial charge on any atom is -0.376 e. The molecule has 1 unspecified atom stereocenters. The van der Waals surface area contributed by atoms with Gasteiger partial charge in [-0.3, -0.25) is 0 Å². The van der Waals surface area contributed by atoms with E-state index in [1.165, 1.54) is 0 Å². The van der Waals surface area contributed by atoms with Gasteiger partial charge in [0.1, 0.15) is 6.07 Å². The SMILES string of the molecule is CC(Nc1cccnc1C#N)c1ccc(Br)cc1. The largest absolute Gasteiger partial charge is 0.376 e. The molecule has 0 radical (unpaired) electrons. The molecule has 18 heavy (non-hydrogen) atoms. The Hall–Kier alpha value is -1.86. The number of nitrogens with one attached hydrogen (secondary N) is 1. The molecule has 3 nitrogen and oxygen atoms in total. The van der Waals surface area contributed by atoms with Crippen molar-refractivity contribution in [2.24, 2.45) is 0 Å². The van der Waals surface area contributed by atoms with Gasteiger partial charge in [-0.15, -0.1) is 0 Å². The van der Waals surface area contributed by atoms with Crippen LogP contribution in [0.4, 0.5) is 5.69 Å². The third-order valence-electron chi connectivity index (χ3n) is 2.66. The van der Waals surface area contributed by atoms with E-state index in [1.54, 1.807) is 6.20 Å². The first-order valence-corrected chi connectivity index (χ1v) is 6.37. The average Bonchev–Trinajstić information content (AvgIpc) is 2.40. The summed E-state index contributed by atoms with van der Waals surface area (Å²) in [6, 6.07) is 14.0. The van der Waals surface area contributed by atoms with Crippen LogP contribution in [0.1, 0.15) is 24.2 Å². The van der Waals surface area contributed by atoms with E-state index in [4.69, 9.17) is 5.26 Å². The molecule has 2 aromatic rings. The topological polar surface area (TPSA) is 48.7 Å². The van der Waals surface area contributed by atoms with E-state index in [9.17, 15) is 0 Å². The molecule has 0 spiro atoms. The first kappa shape index (κ1) is 12.6. The lowest BCUT2D eigenvalue weighted by Gasteiger charge is -2.16. The summed E-state index contributed by atoms with van der Waals surface area (Å²) in [5.74, 6) is 0. The van der Waals surface area contributed by atoms with Gasteiger partial charge in [-0.1, -0.05) is 28.1 Å². The lowest BCUT2D eigenvalue weighted by Crippen LogP contribution is -2.08. The van der Waals surface area contributed by atoms with Gasteiger partial charge in [0.05, 0.1) is 5.69 Å². The van der Waals surface area contributed by atoms with E-state index in [1.807, 2.05) is 36.4 Å². The Labute approximate surface area is 115 Å². The molecule has 0 bridgehead atoms. The summed E-state index contributed by atoms with van der Waals surface area (Å²) in [5.41, 5.74) is 2.34. The summed E-state index contributed by atoms with van der Waals surface area (Å²) in [6.07, 6.45) is 1.62. The third kappa shape index (κ3) is 2.88. The van der Waals surface area contributed by atoms with Crippen LogP contribution in [0, 0.1) is 11.3 Å². The van der Waals surface area contributed by atoms with Crippen LogP contribution in [0.2, 0.25) is 0 Å². The molecule has 1 atom stereocenters. The molecule has 2 rings (SSSR count). The molecule has 0 aliphatic heterocycles. The second-order valence-electron chi connectivity index (χ2n) is 3.93. The predicted molar refractivity (Wildman–Crippen MR) is 75.1 cm³/mol. The standard InChI is InChI=1S/C14H12BrN3/c1-10(11-4-6-12(15)7-5-11)18-13-3-2-8-17-14(13)9-16/h2-8,10,18H,1H3. The zero-order valence-electron chi connectivity index (χ0n) is 9.89. The quantitative estimate of drug-likeness (QED) is 0.935. The lowest BCUT2D eigenvalue weighted by atomic mass is 10.1. The fourth-order valence-corrected chi connectivity index (χ4v) is 1.94. The smallest absolute Gasteiger partial charge is 0.163 e. The Morgan fingerprint density at radius 1 is 1.28 bits per heavy atom. The lowest BCUT2D eigenvalue weighted by molar-refractivity contribution is 0.881. The van der Waals surface area contributed by atoms with Crippen molar-refractivity contribution in [3.8, 4) is 6.07 Å². The highest BCUT2D eigenvalue weighted by Crippen LogP contribution is 2.22. The maximum absolute atomic E-state index is 8.98. The van der Waals surface area contributed by atoms with Crippen molar-refractivity contribution in [1.29, 1.82) is 5.26 Å². The summed E-state index contributed by atoms with van der Waals surface area (Å²) in [7, 11) is 0. The maximum atomic E-state index is 8.98. The number of aromatic nitrogens is 1. The Balaban J connectivity index is 2.19. The van der Waals surface area contributed by atoms with Crippen LogP contribution in [-0.2, 0) is 0 Å². The highest BCUT2D eigenvalue weighted by atomic mass is 79.9.